The third kappa shape index (κ3) is 4.70. The Labute approximate surface area is 127 Å². The average Bonchev–Trinajstić information content (AvgIpc) is 2.96. The molecule has 5 nitrogen and oxygen atoms in total. The quantitative estimate of drug-likeness (QED) is 0.676. The first-order valence-electron chi connectivity index (χ1n) is 7.62. The van der Waals surface area contributed by atoms with Gasteiger partial charge in [0.05, 0.1) is 24.0 Å². The van der Waals surface area contributed by atoms with Crippen molar-refractivity contribution in [3.8, 4) is 0 Å². The molecule has 0 bridgehead atoms. The van der Waals surface area contributed by atoms with Gasteiger partial charge in [-0.05, 0) is 46.5 Å². The number of carbonyl (C=O) groups excluding carboxylic acids is 2. The Kier molecular flexibility index (Phi) is 6.20. The second kappa shape index (κ2) is 7.25. The number of methoxy groups -OCH3 is 1. The van der Waals surface area contributed by atoms with Gasteiger partial charge in [-0.15, -0.1) is 0 Å². The molecule has 1 aliphatic rings. The molecule has 1 rings (SSSR count). The highest BCUT2D eigenvalue weighted by Crippen LogP contribution is 2.38. The smallest absolute Gasteiger partial charge is 0.311 e. The van der Waals surface area contributed by atoms with Gasteiger partial charge in [-0.3, -0.25) is 9.59 Å². The fourth-order valence-electron chi connectivity index (χ4n) is 2.78. The maximum absolute atomic E-state index is 12.4. The summed E-state index contributed by atoms with van der Waals surface area (Å²) in [6.45, 7) is 8.39. The zero-order chi connectivity index (χ0) is 16.1. The lowest BCUT2D eigenvalue weighted by Crippen LogP contribution is -2.39. The molecule has 0 spiro atoms. The van der Waals surface area contributed by atoms with Gasteiger partial charge in [0, 0.05) is 6.61 Å². The minimum atomic E-state index is -0.720. The molecule has 0 N–H and O–H groups in total. The van der Waals surface area contributed by atoms with Gasteiger partial charge in [0.25, 0.3) is 0 Å². The largest absolute Gasteiger partial charge is 0.469 e. The fourth-order valence-corrected chi connectivity index (χ4v) is 2.78. The van der Waals surface area contributed by atoms with Crippen LogP contribution in [0.2, 0.25) is 0 Å². The molecule has 0 aliphatic carbocycles. The van der Waals surface area contributed by atoms with Gasteiger partial charge in [0.15, 0.2) is 0 Å². The zero-order valence-electron chi connectivity index (χ0n) is 13.9. The molecule has 1 heterocycles. The standard InChI is InChI=1S/C16H28O5/c1-6-16(4,11-15(2,3)13(17)19-5)14(18)21-10-12-8-7-9-20-12/h12H,6-11H2,1-5H3. The first-order chi connectivity index (χ1) is 9.75. The van der Waals surface area contributed by atoms with Crippen LogP contribution >= 0.6 is 0 Å². The van der Waals surface area contributed by atoms with Gasteiger partial charge in [0.2, 0.25) is 0 Å². The molecular formula is C16H28O5. The van der Waals surface area contributed by atoms with E-state index >= 15 is 0 Å². The maximum atomic E-state index is 12.4. The zero-order valence-corrected chi connectivity index (χ0v) is 13.9. The minimum Gasteiger partial charge on any atom is -0.469 e. The summed E-state index contributed by atoms with van der Waals surface area (Å²) in [7, 11) is 1.36. The molecule has 0 aromatic carbocycles. The molecule has 2 unspecified atom stereocenters. The highest BCUT2D eigenvalue weighted by atomic mass is 16.6. The summed E-state index contributed by atoms with van der Waals surface area (Å²) >= 11 is 0. The van der Waals surface area contributed by atoms with E-state index in [1.807, 2.05) is 13.8 Å². The van der Waals surface area contributed by atoms with E-state index in [-0.39, 0.29) is 18.0 Å². The van der Waals surface area contributed by atoms with Gasteiger partial charge in [-0.1, -0.05) is 6.92 Å². The van der Waals surface area contributed by atoms with Crippen molar-refractivity contribution >= 4 is 11.9 Å². The average molecular weight is 300 g/mol. The molecular weight excluding hydrogens is 272 g/mol. The number of esters is 2. The van der Waals surface area contributed by atoms with E-state index in [9.17, 15) is 9.59 Å². The second-order valence-electron chi connectivity index (χ2n) is 6.70. The second-order valence-corrected chi connectivity index (χ2v) is 6.70. The van der Waals surface area contributed by atoms with Crippen molar-refractivity contribution in [2.75, 3.05) is 20.3 Å². The van der Waals surface area contributed by atoms with E-state index in [1.165, 1.54) is 7.11 Å². The van der Waals surface area contributed by atoms with Gasteiger partial charge in [0.1, 0.15) is 6.61 Å². The number of ether oxygens (including phenoxy) is 3. The normalized spacial score (nSPS) is 21.7. The summed E-state index contributed by atoms with van der Waals surface area (Å²) in [5.41, 5.74) is -1.42. The van der Waals surface area contributed by atoms with E-state index in [0.29, 0.717) is 19.4 Å². The molecule has 21 heavy (non-hydrogen) atoms. The molecule has 2 atom stereocenters. The van der Waals surface area contributed by atoms with Gasteiger partial charge < -0.3 is 14.2 Å². The first kappa shape index (κ1) is 18.0. The van der Waals surface area contributed by atoms with E-state index < -0.39 is 10.8 Å². The van der Waals surface area contributed by atoms with Crippen molar-refractivity contribution in [3.63, 3.8) is 0 Å². The predicted molar refractivity (Wildman–Crippen MR) is 78.7 cm³/mol. The minimum absolute atomic E-state index is 0.0173. The van der Waals surface area contributed by atoms with Crippen LogP contribution in [0.25, 0.3) is 0 Å². The van der Waals surface area contributed by atoms with Crippen LogP contribution in [0, 0.1) is 10.8 Å². The Balaban J connectivity index is 2.64. The summed E-state index contributed by atoms with van der Waals surface area (Å²) in [4.78, 5) is 24.2. The van der Waals surface area contributed by atoms with Crippen molar-refractivity contribution in [3.05, 3.63) is 0 Å². The Bertz CT molecular complexity index is 371. The van der Waals surface area contributed by atoms with Crippen LogP contribution in [0.5, 0.6) is 0 Å². The van der Waals surface area contributed by atoms with Crippen molar-refractivity contribution < 1.29 is 23.8 Å². The number of carbonyl (C=O) groups is 2. The van der Waals surface area contributed by atoms with Crippen LogP contribution in [0.4, 0.5) is 0 Å². The molecule has 0 amide bonds. The van der Waals surface area contributed by atoms with Crippen LogP contribution in [0.15, 0.2) is 0 Å². The summed E-state index contributed by atoms with van der Waals surface area (Å²) in [5.74, 6) is -0.577. The summed E-state index contributed by atoms with van der Waals surface area (Å²) in [6.07, 6.45) is 2.97. The lowest BCUT2D eigenvalue weighted by Gasteiger charge is -2.33. The van der Waals surface area contributed by atoms with E-state index in [1.54, 1.807) is 13.8 Å². The molecule has 0 aromatic heterocycles. The van der Waals surface area contributed by atoms with Crippen LogP contribution in [-0.4, -0.2) is 38.4 Å². The SMILES string of the molecule is CCC(C)(CC(C)(C)C(=O)OC)C(=O)OCC1CCCO1. The van der Waals surface area contributed by atoms with Crippen molar-refractivity contribution in [2.45, 2.75) is 59.5 Å². The Morgan fingerprint density at radius 1 is 1.24 bits per heavy atom. The van der Waals surface area contributed by atoms with Gasteiger partial charge in [-0.2, -0.15) is 0 Å². The maximum Gasteiger partial charge on any atom is 0.311 e. The Morgan fingerprint density at radius 2 is 1.90 bits per heavy atom. The Morgan fingerprint density at radius 3 is 2.38 bits per heavy atom. The van der Waals surface area contributed by atoms with Crippen molar-refractivity contribution in [1.82, 2.24) is 0 Å². The predicted octanol–water partition coefficient (Wildman–Crippen LogP) is 2.71. The lowest BCUT2D eigenvalue weighted by atomic mass is 9.72. The van der Waals surface area contributed by atoms with E-state index in [2.05, 4.69) is 0 Å². The number of hydrogen-bond acceptors (Lipinski definition) is 5. The van der Waals surface area contributed by atoms with Crippen LogP contribution < -0.4 is 0 Å². The summed E-state index contributed by atoms with van der Waals surface area (Å²) in [6, 6.07) is 0. The molecule has 122 valence electrons. The molecule has 1 fully saturated rings. The van der Waals surface area contributed by atoms with Crippen LogP contribution in [-0.2, 0) is 23.8 Å². The monoisotopic (exact) mass is 300 g/mol. The Hall–Kier alpha value is -1.10. The molecule has 1 aliphatic heterocycles. The van der Waals surface area contributed by atoms with Gasteiger partial charge >= 0.3 is 11.9 Å². The summed E-state index contributed by atoms with van der Waals surface area (Å²) in [5, 5.41) is 0. The molecule has 1 saturated heterocycles. The first-order valence-corrected chi connectivity index (χ1v) is 7.62. The highest BCUT2D eigenvalue weighted by molar-refractivity contribution is 5.80. The number of rotatable bonds is 7. The van der Waals surface area contributed by atoms with Crippen molar-refractivity contribution in [1.29, 1.82) is 0 Å². The highest BCUT2D eigenvalue weighted by Gasteiger charge is 2.42. The molecule has 0 saturated carbocycles. The van der Waals surface area contributed by atoms with Crippen molar-refractivity contribution in [2.24, 2.45) is 10.8 Å². The molecule has 0 aromatic rings. The van der Waals surface area contributed by atoms with Gasteiger partial charge in [-0.25, -0.2) is 0 Å². The topological polar surface area (TPSA) is 61.8 Å². The number of hydrogen-bond donors (Lipinski definition) is 0. The van der Waals surface area contributed by atoms with Crippen LogP contribution in [0.1, 0.15) is 53.4 Å². The van der Waals surface area contributed by atoms with Crippen LogP contribution in [0.3, 0.4) is 0 Å². The molecule has 5 heteroatoms. The van der Waals surface area contributed by atoms with E-state index in [0.717, 1.165) is 19.4 Å². The third-order valence-corrected chi connectivity index (χ3v) is 4.27. The third-order valence-electron chi connectivity index (χ3n) is 4.27. The fraction of sp³-hybridized carbons (Fsp3) is 0.875. The molecule has 0 radical (unpaired) electrons. The summed E-state index contributed by atoms with van der Waals surface area (Å²) < 4.78 is 15.7. The lowest BCUT2D eigenvalue weighted by molar-refractivity contribution is -0.164. The van der Waals surface area contributed by atoms with E-state index in [4.69, 9.17) is 14.2 Å².